The van der Waals surface area contributed by atoms with Crippen molar-refractivity contribution < 1.29 is 28.7 Å². The van der Waals surface area contributed by atoms with Gasteiger partial charge in [-0.1, -0.05) is 29.8 Å². The number of hydrogen-bond acceptors (Lipinski definition) is 7. The van der Waals surface area contributed by atoms with Crippen LogP contribution >= 0.6 is 12.6 Å². The van der Waals surface area contributed by atoms with Crippen molar-refractivity contribution in [2.45, 2.75) is 70.7 Å². The van der Waals surface area contributed by atoms with Gasteiger partial charge in [-0.25, -0.2) is 4.79 Å². The molecular weight excluding hydrogens is 458 g/mol. The Morgan fingerprint density at radius 2 is 1.88 bits per heavy atom. The fraction of sp³-hybridized carbons (Fsp3) is 0.583. The molecule has 3 amide bonds. The summed E-state index contributed by atoms with van der Waals surface area (Å²) in [5.41, 5.74) is 0.791. The Balaban J connectivity index is 2.40. The number of nitrogens with zero attached hydrogens (tertiary/aromatic N) is 1. The van der Waals surface area contributed by atoms with Gasteiger partial charge >= 0.3 is 12.1 Å². The van der Waals surface area contributed by atoms with Gasteiger partial charge < -0.3 is 25.0 Å². The lowest BCUT2D eigenvalue weighted by Gasteiger charge is -2.43. The Morgan fingerprint density at radius 1 is 1.21 bits per heavy atom. The number of alkyl carbamates (subject to hydrolysis) is 1. The number of aryl methyl sites for hydroxylation is 1. The van der Waals surface area contributed by atoms with Crippen molar-refractivity contribution in [3.63, 3.8) is 0 Å². The summed E-state index contributed by atoms with van der Waals surface area (Å²) < 4.78 is 9.93. The molecule has 0 bridgehead atoms. The molecule has 34 heavy (non-hydrogen) atoms. The van der Waals surface area contributed by atoms with E-state index in [4.69, 9.17) is 4.74 Å². The number of methoxy groups -OCH3 is 1. The van der Waals surface area contributed by atoms with Crippen molar-refractivity contribution in [1.82, 2.24) is 15.5 Å². The van der Waals surface area contributed by atoms with E-state index < -0.39 is 41.6 Å². The first-order valence-corrected chi connectivity index (χ1v) is 11.9. The van der Waals surface area contributed by atoms with Gasteiger partial charge in [0.15, 0.2) is 0 Å². The lowest BCUT2D eigenvalue weighted by Crippen LogP contribution is -2.58. The molecule has 2 unspecified atom stereocenters. The minimum Gasteiger partial charge on any atom is -0.468 e. The van der Waals surface area contributed by atoms with Crippen LogP contribution in [0, 0.1) is 6.92 Å². The molecule has 0 aliphatic heterocycles. The molecule has 9 nitrogen and oxygen atoms in total. The minimum atomic E-state index is -1.00. The lowest BCUT2D eigenvalue weighted by molar-refractivity contribution is -0.148. The lowest BCUT2D eigenvalue weighted by atomic mass is 9.88. The number of carbonyl (C=O) groups is 4. The van der Waals surface area contributed by atoms with Crippen LogP contribution in [0.15, 0.2) is 24.3 Å². The number of rotatable bonds is 9. The zero-order chi connectivity index (χ0) is 25.5. The van der Waals surface area contributed by atoms with E-state index in [0.717, 1.165) is 24.8 Å². The molecule has 0 saturated heterocycles. The highest BCUT2D eigenvalue weighted by Gasteiger charge is 2.41. The first kappa shape index (κ1) is 27.5. The van der Waals surface area contributed by atoms with Gasteiger partial charge in [0.1, 0.15) is 24.2 Å². The van der Waals surface area contributed by atoms with Gasteiger partial charge in [0, 0.05) is 11.8 Å². The molecule has 1 saturated carbocycles. The van der Waals surface area contributed by atoms with Crippen LogP contribution in [0.3, 0.4) is 0 Å². The predicted molar refractivity (Wildman–Crippen MR) is 130 cm³/mol. The molecule has 0 heterocycles. The van der Waals surface area contributed by atoms with Crippen molar-refractivity contribution in [1.29, 1.82) is 0 Å². The van der Waals surface area contributed by atoms with E-state index in [1.54, 1.807) is 26.8 Å². The van der Waals surface area contributed by atoms with E-state index in [0.29, 0.717) is 5.56 Å². The molecule has 0 aromatic heterocycles. The molecule has 0 spiro atoms. The second-order valence-electron chi connectivity index (χ2n) is 9.32. The maximum Gasteiger partial charge on any atom is 0.408 e. The second kappa shape index (κ2) is 12.1. The van der Waals surface area contributed by atoms with Crippen molar-refractivity contribution in [2.24, 2.45) is 0 Å². The molecule has 1 aromatic rings. The summed E-state index contributed by atoms with van der Waals surface area (Å²) in [5, 5.41) is 5.17. The molecule has 2 N–H and O–H groups in total. The zero-order valence-electron chi connectivity index (χ0n) is 20.4. The number of ether oxygens (including phenoxy) is 2. The standard InChI is InChI=1S/C24H35N3O6S/c1-15-8-6-9-16(12-15)20(21(29)25-13-19(28)32-5)27(17-10-7-11-17)22(30)18(14-34)26-23(31)33-24(2,3)4/h6,8-9,12,17-18,20,34H,7,10-11,13-14H2,1-5H3,(H,25,29)(H,26,31). The third-order valence-corrected chi connectivity index (χ3v) is 5.78. The molecular formula is C24H35N3O6S. The van der Waals surface area contributed by atoms with E-state index >= 15 is 0 Å². The average Bonchev–Trinajstić information content (AvgIpc) is 2.72. The zero-order valence-corrected chi connectivity index (χ0v) is 21.3. The number of carbonyl (C=O) groups excluding carboxylic acids is 4. The van der Waals surface area contributed by atoms with Crippen molar-refractivity contribution in [3.05, 3.63) is 35.4 Å². The Bertz CT molecular complexity index is 897. The van der Waals surface area contributed by atoms with Crippen molar-refractivity contribution >= 4 is 36.5 Å². The first-order chi connectivity index (χ1) is 16.0. The summed E-state index contributed by atoms with van der Waals surface area (Å²) in [6.07, 6.45) is 1.63. The maximum atomic E-state index is 13.7. The van der Waals surface area contributed by atoms with Crippen molar-refractivity contribution in [2.75, 3.05) is 19.4 Å². The smallest absolute Gasteiger partial charge is 0.408 e. The van der Waals surface area contributed by atoms with E-state index in [1.165, 1.54) is 12.0 Å². The number of thiol groups is 1. The van der Waals surface area contributed by atoms with Gasteiger partial charge in [-0.05, 0) is 52.5 Å². The largest absolute Gasteiger partial charge is 0.468 e. The van der Waals surface area contributed by atoms with Crippen LogP contribution in [0.5, 0.6) is 0 Å². The monoisotopic (exact) mass is 493 g/mol. The Hall–Kier alpha value is -2.75. The number of amides is 3. The van der Waals surface area contributed by atoms with Crippen LogP contribution in [0.1, 0.15) is 57.2 Å². The number of hydrogen-bond donors (Lipinski definition) is 3. The molecule has 2 atom stereocenters. The van der Waals surface area contributed by atoms with E-state index in [1.807, 2.05) is 25.1 Å². The van der Waals surface area contributed by atoms with E-state index in [-0.39, 0.29) is 18.3 Å². The van der Waals surface area contributed by atoms with Crippen LogP contribution in [-0.2, 0) is 23.9 Å². The quantitative estimate of drug-likeness (QED) is 0.360. The summed E-state index contributed by atoms with van der Waals surface area (Å²) in [7, 11) is 1.23. The average molecular weight is 494 g/mol. The Labute approximate surface area is 206 Å². The van der Waals surface area contributed by atoms with Gasteiger partial charge in [-0.2, -0.15) is 12.6 Å². The topological polar surface area (TPSA) is 114 Å². The van der Waals surface area contributed by atoms with E-state index in [2.05, 4.69) is 28.0 Å². The Kier molecular flexibility index (Phi) is 9.78. The highest BCUT2D eigenvalue weighted by molar-refractivity contribution is 7.80. The van der Waals surface area contributed by atoms with Crippen LogP contribution in [0.2, 0.25) is 0 Å². The van der Waals surface area contributed by atoms with Gasteiger partial charge in [0.2, 0.25) is 11.8 Å². The first-order valence-electron chi connectivity index (χ1n) is 11.3. The summed E-state index contributed by atoms with van der Waals surface area (Å²) in [4.78, 5) is 52.6. The van der Waals surface area contributed by atoms with Gasteiger partial charge in [-0.15, -0.1) is 0 Å². The molecule has 1 fully saturated rings. The SMILES string of the molecule is COC(=O)CNC(=O)C(c1cccc(C)c1)N(C(=O)C(CS)NC(=O)OC(C)(C)C)C1CCC1. The van der Waals surface area contributed by atoms with Crippen LogP contribution in [0.25, 0.3) is 0 Å². The van der Waals surface area contributed by atoms with Gasteiger partial charge in [0.25, 0.3) is 0 Å². The number of esters is 1. The van der Waals surface area contributed by atoms with Crippen LogP contribution in [-0.4, -0.2) is 65.9 Å². The molecule has 1 aromatic carbocycles. The predicted octanol–water partition coefficient (Wildman–Crippen LogP) is 2.53. The highest BCUT2D eigenvalue weighted by Crippen LogP contribution is 2.34. The fourth-order valence-corrected chi connectivity index (χ4v) is 3.85. The summed E-state index contributed by atoms with van der Waals surface area (Å²) in [5.74, 6) is -1.53. The normalized spacial score (nSPS) is 15.4. The summed E-state index contributed by atoms with van der Waals surface area (Å²) in [6, 6.07) is 5.12. The molecule has 1 aliphatic carbocycles. The Morgan fingerprint density at radius 3 is 2.38 bits per heavy atom. The molecule has 2 rings (SSSR count). The molecule has 0 radical (unpaired) electrons. The van der Waals surface area contributed by atoms with Crippen LogP contribution < -0.4 is 10.6 Å². The number of benzene rings is 1. The van der Waals surface area contributed by atoms with Crippen LogP contribution in [0.4, 0.5) is 4.79 Å². The number of nitrogens with one attached hydrogen (secondary N) is 2. The highest BCUT2D eigenvalue weighted by atomic mass is 32.1. The van der Waals surface area contributed by atoms with Gasteiger partial charge in [-0.3, -0.25) is 14.4 Å². The second-order valence-corrected chi connectivity index (χ2v) is 9.69. The molecule has 1 aliphatic rings. The minimum absolute atomic E-state index is 0.0195. The fourth-order valence-electron chi connectivity index (χ4n) is 3.60. The molecule has 10 heteroatoms. The van der Waals surface area contributed by atoms with E-state index in [9.17, 15) is 19.2 Å². The maximum absolute atomic E-state index is 13.7. The third-order valence-electron chi connectivity index (χ3n) is 5.41. The van der Waals surface area contributed by atoms with Gasteiger partial charge in [0.05, 0.1) is 7.11 Å². The summed E-state index contributed by atoms with van der Waals surface area (Å²) >= 11 is 4.28. The van der Waals surface area contributed by atoms with Crippen molar-refractivity contribution in [3.8, 4) is 0 Å². The summed E-state index contributed by atoms with van der Waals surface area (Å²) in [6.45, 7) is 6.75. The third kappa shape index (κ3) is 7.65. The molecule has 188 valence electrons.